The highest BCUT2D eigenvalue weighted by molar-refractivity contribution is 5.80. The zero-order valence-corrected chi connectivity index (χ0v) is 11.9. The third-order valence-electron chi connectivity index (χ3n) is 2.43. The van der Waals surface area contributed by atoms with Gasteiger partial charge in [-0.15, -0.1) is 0 Å². The van der Waals surface area contributed by atoms with Crippen LogP contribution in [0.15, 0.2) is 24.5 Å². The predicted molar refractivity (Wildman–Crippen MR) is 73.4 cm³/mol. The standard InChI is InChI=1S/C14H20N2O4/c1-14(2,3)20-13(19)16-11(12(17)18)7-6-10-5-4-8-15-9-10/h4-5,8-9,11H,6-7H2,1-3H3,(H,16,19)(H,17,18). The summed E-state index contributed by atoms with van der Waals surface area (Å²) in [7, 11) is 0. The van der Waals surface area contributed by atoms with Crippen molar-refractivity contribution in [1.29, 1.82) is 0 Å². The topological polar surface area (TPSA) is 88.5 Å². The molecule has 0 bridgehead atoms. The fourth-order valence-corrected chi connectivity index (χ4v) is 1.56. The van der Waals surface area contributed by atoms with Gasteiger partial charge in [0.1, 0.15) is 11.6 Å². The Balaban J connectivity index is 2.53. The molecule has 0 radical (unpaired) electrons. The maximum atomic E-state index is 11.6. The molecule has 1 rings (SSSR count). The van der Waals surface area contributed by atoms with E-state index in [4.69, 9.17) is 9.84 Å². The Kier molecular flexibility index (Phi) is 5.49. The lowest BCUT2D eigenvalue weighted by Gasteiger charge is -2.22. The van der Waals surface area contributed by atoms with Gasteiger partial charge in [-0.2, -0.15) is 0 Å². The van der Waals surface area contributed by atoms with E-state index in [-0.39, 0.29) is 6.42 Å². The number of ether oxygens (including phenoxy) is 1. The Bertz CT molecular complexity index is 454. The highest BCUT2D eigenvalue weighted by atomic mass is 16.6. The average Bonchev–Trinajstić information content (AvgIpc) is 2.33. The van der Waals surface area contributed by atoms with Crippen molar-refractivity contribution in [3.05, 3.63) is 30.1 Å². The number of aryl methyl sites for hydroxylation is 1. The molecule has 1 heterocycles. The van der Waals surface area contributed by atoms with Crippen LogP contribution in [0, 0.1) is 0 Å². The summed E-state index contributed by atoms with van der Waals surface area (Å²) in [4.78, 5) is 26.7. The monoisotopic (exact) mass is 280 g/mol. The minimum absolute atomic E-state index is 0.278. The minimum atomic E-state index is -1.08. The Morgan fingerprint density at radius 3 is 2.65 bits per heavy atom. The second-order valence-corrected chi connectivity index (χ2v) is 5.44. The second kappa shape index (κ2) is 6.88. The van der Waals surface area contributed by atoms with Gasteiger partial charge in [-0.05, 0) is 45.2 Å². The number of nitrogens with one attached hydrogen (secondary N) is 1. The Morgan fingerprint density at radius 1 is 1.45 bits per heavy atom. The molecule has 110 valence electrons. The first-order valence-electron chi connectivity index (χ1n) is 6.39. The van der Waals surface area contributed by atoms with Gasteiger partial charge in [-0.1, -0.05) is 6.07 Å². The molecular formula is C14H20N2O4. The molecule has 6 nitrogen and oxygen atoms in total. The zero-order chi connectivity index (χ0) is 15.2. The van der Waals surface area contributed by atoms with Crippen LogP contribution < -0.4 is 5.32 Å². The number of hydrogen-bond acceptors (Lipinski definition) is 4. The van der Waals surface area contributed by atoms with Gasteiger partial charge in [0.05, 0.1) is 0 Å². The molecule has 1 atom stereocenters. The van der Waals surface area contributed by atoms with Gasteiger partial charge in [0.25, 0.3) is 0 Å². The molecular weight excluding hydrogens is 260 g/mol. The fraction of sp³-hybridized carbons (Fsp3) is 0.500. The van der Waals surface area contributed by atoms with Crippen molar-refractivity contribution in [3.63, 3.8) is 0 Å². The van der Waals surface area contributed by atoms with Crippen molar-refractivity contribution in [2.24, 2.45) is 0 Å². The Morgan fingerprint density at radius 2 is 2.15 bits per heavy atom. The Hall–Kier alpha value is -2.11. The van der Waals surface area contributed by atoms with Gasteiger partial charge in [-0.3, -0.25) is 4.98 Å². The molecule has 1 amide bonds. The van der Waals surface area contributed by atoms with E-state index in [0.29, 0.717) is 6.42 Å². The molecule has 6 heteroatoms. The van der Waals surface area contributed by atoms with Crippen LogP contribution >= 0.6 is 0 Å². The van der Waals surface area contributed by atoms with E-state index in [2.05, 4.69) is 10.3 Å². The largest absolute Gasteiger partial charge is 0.480 e. The van der Waals surface area contributed by atoms with Crippen LogP contribution in [0.2, 0.25) is 0 Å². The number of pyridine rings is 1. The fourth-order valence-electron chi connectivity index (χ4n) is 1.56. The molecule has 0 aliphatic carbocycles. The van der Waals surface area contributed by atoms with Gasteiger partial charge in [-0.25, -0.2) is 9.59 Å². The summed E-state index contributed by atoms with van der Waals surface area (Å²) >= 11 is 0. The van der Waals surface area contributed by atoms with Gasteiger partial charge >= 0.3 is 12.1 Å². The van der Waals surface area contributed by atoms with E-state index in [0.717, 1.165) is 5.56 Å². The summed E-state index contributed by atoms with van der Waals surface area (Å²) in [5.74, 6) is -1.08. The number of carbonyl (C=O) groups excluding carboxylic acids is 1. The van der Waals surface area contributed by atoms with E-state index < -0.39 is 23.7 Å². The lowest BCUT2D eigenvalue weighted by molar-refractivity contribution is -0.139. The quantitative estimate of drug-likeness (QED) is 0.861. The van der Waals surface area contributed by atoms with Crippen LogP contribution in [0.5, 0.6) is 0 Å². The average molecular weight is 280 g/mol. The van der Waals surface area contributed by atoms with Crippen molar-refractivity contribution >= 4 is 12.1 Å². The van der Waals surface area contributed by atoms with Crippen molar-refractivity contribution in [2.75, 3.05) is 0 Å². The molecule has 2 N–H and O–H groups in total. The first kappa shape index (κ1) is 15.9. The molecule has 0 saturated carbocycles. The molecule has 1 unspecified atom stereocenters. The summed E-state index contributed by atoms with van der Waals surface area (Å²) < 4.78 is 5.04. The van der Waals surface area contributed by atoms with E-state index in [1.165, 1.54) is 0 Å². The number of carbonyl (C=O) groups is 2. The van der Waals surface area contributed by atoms with Crippen LogP contribution in [0.3, 0.4) is 0 Å². The van der Waals surface area contributed by atoms with Crippen LogP contribution in [-0.4, -0.2) is 33.8 Å². The number of carboxylic acid groups (broad SMARTS) is 1. The predicted octanol–water partition coefficient (Wildman–Crippen LogP) is 1.99. The summed E-state index contributed by atoms with van der Waals surface area (Å²) in [6.45, 7) is 5.16. The summed E-state index contributed by atoms with van der Waals surface area (Å²) in [5, 5.41) is 11.5. The molecule has 0 aliphatic rings. The number of aromatic nitrogens is 1. The molecule has 0 saturated heterocycles. The number of nitrogens with zero attached hydrogens (tertiary/aromatic N) is 1. The number of alkyl carbamates (subject to hydrolysis) is 1. The number of rotatable bonds is 5. The zero-order valence-electron chi connectivity index (χ0n) is 11.9. The van der Waals surface area contributed by atoms with E-state index in [1.807, 2.05) is 6.07 Å². The van der Waals surface area contributed by atoms with Gasteiger partial charge < -0.3 is 15.2 Å². The van der Waals surface area contributed by atoms with Gasteiger partial charge in [0.15, 0.2) is 0 Å². The van der Waals surface area contributed by atoms with E-state index in [9.17, 15) is 9.59 Å². The second-order valence-electron chi connectivity index (χ2n) is 5.44. The minimum Gasteiger partial charge on any atom is -0.480 e. The molecule has 0 spiro atoms. The van der Waals surface area contributed by atoms with Crippen LogP contribution in [0.4, 0.5) is 4.79 Å². The molecule has 0 aliphatic heterocycles. The van der Waals surface area contributed by atoms with Crippen molar-refractivity contribution in [2.45, 2.75) is 45.3 Å². The Labute approximate surface area is 118 Å². The maximum absolute atomic E-state index is 11.6. The summed E-state index contributed by atoms with van der Waals surface area (Å²) in [6.07, 6.45) is 3.39. The van der Waals surface area contributed by atoms with Crippen LogP contribution in [-0.2, 0) is 16.0 Å². The summed E-state index contributed by atoms with van der Waals surface area (Å²) in [6, 6.07) is 2.66. The van der Waals surface area contributed by atoms with Crippen LogP contribution in [0.25, 0.3) is 0 Å². The van der Waals surface area contributed by atoms with Gasteiger partial charge in [0, 0.05) is 12.4 Å². The lowest BCUT2D eigenvalue weighted by atomic mass is 10.1. The number of amides is 1. The maximum Gasteiger partial charge on any atom is 0.408 e. The lowest BCUT2D eigenvalue weighted by Crippen LogP contribution is -2.43. The first-order valence-corrected chi connectivity index (χ1v) is 6.39. The molecule has 1 aromatic rings. The normalized spacial score (nSPS) is 12.6. The highest BCUT2D eigenvalue weighted by Gasteiger charge is 2.23. The summed E-state index contributed by atoms with van der Waals surface area (Å²) in [5.41, 5.74) is 0.265. The van der Waals surface area contributed by atoms with Crippen molar-refractivity contribution in [3.8, 4) is 0 Å². The number of carboxylic acids is 1. The van der Waals surface area contributed by atoms with E-state index in [1.54, 1.807) is 39.2 Å². The number of hydrogen-bond donors (Lipinski definition) is 2. The molecule has 1 aromatic heterocycles. The van der Waals surface area contributed by atoms with Crippen LogP contribution in [0.1, 0.15) is 32.8 Å². The molecule has 20 heavy (non-hydrogen) atoms. The molecule has 0 aromatic carbocycles. The van der Waals surface area contributed by atoms with Crippen molar-refractivity contribution in [1.82, 2.24) is 10.3 Å². The highest BCUT2D eigenvalue weighted by Crippen LogP contribution is 2.08. The van der Waals surface area contributed by atoms with Gasteiger partial charge in [0.2, 0.25) is 0 Å². The third kappa shape index (κ3) is 6.17. The van der Waals surface area contributed by atoms with E-state index >= 15 is 0 Å². The SMILES string of the molecule is CC(C)(C)OC(=O)NC(CCc1cccnc1)C(=O)O. The smallest absolute Gasteiger partial charge is 0.408 e. The third-order valence-corrected chi connectivity index (χ3v) is 2.43. The first-order chi connectivity index (χ1) is 9.28. The molecule has 0 fully saturated rings. The number of aliphatic carboxylic acids is 1. The van der Waals surface area contributed by atoms with Crippen molar-refractivity contribution < 1.29 is 19.4 Å².